The average molecular weight is 403 g/mol. The summed E-state index contributed by atoms with van der Waals surface area (Å²) in [6, 6.07) is 24.1. The molecule has 0 saturated heterocycles. The van der Waals surface area contributed by atoms with Crippen LogP contribution in [0.15, 0.2) is 66.7 Å². The predicted molar refractivity (Wildman–Crippen MR) is 81.0 cm³/mol. The third-order valence-corrected chi connectivity index (χ3v) is 5.56. The molecule has 0 saturated carbocycles. The third kappa shape index (κ3) is 2.83. The molecule has 0 nitrogen and oxygen atoms in total. The predicted octanol–water partition coefficient (Wildman–Crippen LogP) is -1.01. The summed E-state index contributed by atoms with van der Waals surface area (Å²) in [5.74, 6) is 0. The fraction of sp³-hybridized carbons (Fsp3) is 0.0526. The van der Waals surface area contributed by atoms with Crippen molar-refractivity contribution < 1.29 is 49.5 Å². The second-order valence-electron chi connectivity index (χ2n) is 5.19. The Balaban J connectivity index is 0.000000882. The van der Waals surface area contributed by atoms with Crippen molar-refractivity contribution in [3.05, 3.63) is 83.4 Å². The molecule has 107 valence electrons. The summed E-state index contributed by atoms with van der Waals surface area (Å²) in [7, 11) is 0. The van der Waals surface area contributed by atoms with Crippen LogP contribution in [0.5, 0.6) is 0 Å². The zero-order valence-electron chi connectivity index (χ0n) is 11.8. The van der Waals surface area contributed by atoms with Crippen LogP contribution in [0.2, 0.25) is 0 Å². The van der Waals surface area contributed by atoms with E-state index in [0.717, 1.165) is 0 Å². The monoisotopic (exact) mass is 401 g/mol. The van der Waals surface area contributed by atoms with E-state index in [1.54, 1.807) is 24.7 Å². The quantitative estimate of drug-likeness (QED) is 0.489. The van der Waals surface area contributed by atoms with Gasteiger partial charge in [0.2, 0.25) is 0 Å². The van der Waals surface area contributed by atoms with Gasteiger partial charge >= 0.3 is 134 Å². The van der Waals surface area contributed by atoms with Crippen molar-refractivity contribution in [3.63, 3.8) is 0 Å². The Morgan fingerprint density at radius 1 is 0.727 bits per heavy atom. The van der Waals surface area contributed by atoms with E-state index >= 15 is 0 Å². The van der Waals surface area contributed by atoms with Crippen LogP contribution >= 0.6 is 0 Å². The molecule has 3 heteroatoms. The van der Waals surface area contributed by atoms with Crippen molar-refractivity contribution in [2.75, 3.05) is 0 Å². The number of benzene rings is 3. The Kier molecular flexibility index (Phi) is 5.67. The first-order valence-corrected chi connectivity index (χ1v) is 8.26. The molecule has 0 heterocycles. The van der Waals surface area contributed by atoms with Crippen molar-refractivity contribution in [3.8, 4) is 0 Å². The minimum atomic E-state index is 0. The number of halogens is 2. The first-order valence-electron chi connectivity index (χ1n) is 6.84. The van der Waals surface area contributed by atoms with Crippen LogP contribution in [-0.4, -0.2) is 0 Å². The van der Waals surface area contributed by atoms with Gasteiger partial charge in [-0.2, -0.15) is 0 Å². The normalized spacial score (nSPS) is 15.5. The molecular formula is C19H13Cl2Zr. The molecule has 1 unspecified atom stereocenters. The van der Waals surface area contributed by atoms with E-state index in [1.807, 2.05) is 0 Å². The standard InChI is InChI=1S/C19H13.2ClH.Zr/c1-2-8-16-13-17(12-15(16)7-1)19-11-5-9-14-6-3-4-10-18(14)19;;;/h1-13H;2*1H;/q;;;+2/p-2. The Morgan fingerprint density at radius 3 is 2.23 bits per heavy atom. The molecule has 0 fully saturated rings. The summed E-state index contributed by atoms with van der Waals surface area (Å²) in [6.45, 7) is 0. The molecule has 0 aromatic heterocycles. The molecule has 3 aromatic rings. The van der Waals surface area contributed by atoms with Gasteiger partial charge in [-0.05, 0) is 0 Å². The van der Waals surface area contributed by atoms with Crippen LogP contribution in [-0.2, 0) is 24.7 Å². The van der Waals surface area contributed by atoms with Crippen molar-refractivity contribution in [1.29, 1.82) is 0 Å². The number of hydrogen-bond acceptors (Lipinski definition) is 0. The second-order valence-corrected chi connectivity index (χ2v) is 6.61. The van der Waals surface area contributed by atoms with Crippen molar-refractivity contribution in [1.82, 2.24) is 0 Å². The number of rotatable bonds is 1. The Morgan fingerprint density at radius 2 is 1.41 bits per heavy atom. The molecular weight excluding hydrogens is 390 g/mol. The summed E-state index contributed by atoms with van der Waals surface area (Å²) < 4.78 is 0.559. The molecule has 1 aliphatic carbocycles. The fourth-order valence-corrected chi connectivity index (χ4v) is 4.27. The molecule has 1 aliphatic rings. The Labute approximate surface area is 158 Å². The molecule has 1 atom stereocenters. The van der Waals surface area contributed by atoms with Crippen molar-refractivity contribution in [2.24, 2.45) is 0 Å². The van der Waals surface area contributed by atoms with Crippen molar-refractivity contribution in [2.45, 2.75) is 3.63 Å². The van der Waals surface area contributed by atoms with Gasteiger partial charge in [-0.25, -0.2) is 0 Å². The van der Waals surface area contributed by atoms with Crippen LogP contribution in [0.25, 0.3) is 22.4 Å². The van der Waals surface area contributed by atoms with Gasteiger partial charge in [0.15, 0.2) is 0 Å². The maximum atomic E-state index is 2.37. The zero-order chi connectivity index (χ0) is 13.5. The number of allylic oxidation sites excluding steroid dienone is 1. The van der Waals surface area contributed by atoms with Gasteiger partial charge in [0.1, 0.15) is 0 Å². The summed E-state index contributed by atoms with van der Waals surface area (Å²) in [6.07, 6.45) is 2.37. The average Bonchev–Trinajstić information content (AvgIpc) is 2.84. The molecule has 0 spiro atoms. The Hall–Kier alpha value is -0.877. The zero-order valence-corrected chi connectivity index (χ0v) is 15.7. The fourth-order valence-electron chi connectivity index (χ4n) is 3.03. The molecule has 4 rings (SSSR count). The van der Waals surface area contributed by atoms with E-state index < -0.39 is 0 Å². The topological polar surface area (TPSA) is 0 Å². The summed E-state index contributed by atoms with van der Waals surface area (Å²) in [5.41, 5.74) is 5.73. The summed E-state index contributed by atoms with van der Waals surface area (Å²) >= 11 is 1.56. The molecule has 0 radical (unpaired) electrons. The minimum absolute atomic E-state index is 0. The van der Waals surface area contributed by atoms with E-state index in [2.05, 4.69) is 72.8 Å². The Bertz CT molecular complexity index is 834. The molecule has 0 amide bonds. The molecule has 0 aliphatic heterocycles. The first-order chi connectivity index (χ1) is 9.84. The van der Waals surface area contributed by atoms with Gasteiger partial charge in [0.25, 0.3) is 0 Å². The number of fused-ring (bicyclic) bond motifs is 2. The number of hydrogen-bond donors (Lipinski definition) is 0. The molecule has 0 bridgehead atoms. The van der Waals surface area contributed by atoms with Gasteiger partial charge in [-0.1, -0.05) is 0 Å². The van der Waals surface area contributed by atoms with Crippen LogP contribution < -0.4 is 24.8 Å². The molecule has 22 heavy (non-hydrogen) atoms. The van der Waals surface area contributed by atoms with Gasteiger partial charge in [0.05, 0.1) is 0 Å². The van der Waals surface area contributed by atoms with Crippen molar-refractivity contribution >= 4 is 22.4 Å². The van der Waals surface area contributed by atoms with Crippen LogP contribution in [0.1, 0.15) is 20.3 Å². The van der Waals surface area contributed by atoms with E-state index in [9.17, 15) is 0 Å². The molecule has 0 N–H and O–H groups in total. The van der Waals surface area contributed by atoms with Crippen LogP contribution in [0.3, 0.4) is 0 Å². The van der Waals surface area contributed by atoms with E-state index in [4.69, 9.17) is 0 Å². The summed E-state index contributed by atoms with van der Waals surface area (Å²) in [4.78, 5) is 0. The van der Waals surface area contributed by atoms with E-state index in [1.165, 1.54) is 33.0 Å². The summed E-state index contributed by atoms with van der Waals surface area (Å²) in [5, 5.41) is 2.69. The van der Waals surface area contributed by atoms with Gasteiger partial charge in [-0.3, -0.25) is 0 Å². The van der Waals surface area contributed by atoms with E-state index in [0.29, 0.717) is 3.63 Å². The van der Waals surface area contributed by atoms with Gasteiger partial charge in [0, 0.05) is 0 Å². The first kappa shape index (κ1) is 17.5. The SMILES string of the molecule is [Cl-].[Cl-].[Zr+2][CH]1C(c2cccc3ccccc23)=Cc2ccccc21. The third-order valence-electron chi connectivity index (χ3n) is 4.03. The van der Waals surface area contributed by atoms with Crippen LogP contribution in [0.4, 0.5) is 0 Å². The van der Waals surface area contributed by atoms with Gasteiger partial charge < -0.3 is 24.8 Å². The van der Waals surface area contributed by atoms with Gasteiger partial charge in [-0.15, -0.1) is 0 Å². The maximum absolute atomic E-state index is 2.37. The van der Waals surface area contributed by atoms with Crippen LogP contribution in [0, 0.1) is 0 Å². The molecule has 3 aromatic carbocycles. The second kappa shape index (κ2) is 7.13. The van der Waals surface area contributed by atoms with E-state index in [-0.39, 0.29) is 24.8 Å².